The summed E-state index contributed by atoms with van der Waals surface area (Å²) in [7, 11) is -3.60. The number of carbonyl (C=O) groups is 2. The van der Waals surface area contributed by atoms with Crippen molar-refractivity contribution in [1.82, 2.24) is 4.72 Å². The maximum atomic E-state index is 11.7. The number of anilines is 1. The van der Waals surface area contributed by atoms with Crippen molar-refractivity contribution < 1.29 is 27.9 Å². The van der Waals surface area contributed by atoms with Gasteiger partial charge in [-0.2, -0.15) is 0 Å². The standard InChI is InChI=1S/C14H20N2O6S/c1-10(2)22-7-8-23(20,21)15-9-13(17)16-12-5-3-11(4-6-12)14(18)19/h3-6,10,15H,7-9H2,1-2H3,(H,16,17)(H,18,19). The molecular weight excluding hydrogens is 324 g/mol. The van der Waals surface area contributed by atoms with E-state index in [1.54, 1.807) is 13.8 Å². The van der Waals surface area contributed by atoms with Gasteiger partial charge in [0.25, 0.3) is 0 Å². The van der Waals surface area contributed by atoms with E-state index >= 15 is 0 Å². The summed E-state index contributed by atoms with van der Waals surface area (Å²) in [5.74, 6) is -1.85. The third-order valence-electron chi connectivity index (χ3n) is 2.67. The summed E-state index contributed by atoms with van der Waals surface area (Å²) < 4.78 is 30.6. The number of nitrogens with one attached hydrogen (secondary N) is 2. The largest absolute Gasteiger partial charge is 0.478 e. The Hall–Kier alpha value is -1.97. The summed E-state index contributed by atoms with van der Waals surface area (Å²) in [6, 6.07) is 5.52. The Bertz CT molecular complexity index is 640. The number of ether oxygens (including phenoxy) is 1. The molecule has 1 aromatic rings. The number of amides is 1. The summed E-state index contributed by atoms with van der Waals surface area (Å²) in [6.07, 6.45) is -0.0673. The summed E-state index contributed by atoms with van der Waals surface area (Å²) in [5, 5.41) is 11.2. The SMILES string of the molecule is CC(C)OCCS(=O)(=O)NCC(=O)Nc1ccc(C(=O)O)cc1. The molecule has 0 radical (unpaired) electrons. The second-order valence-electron chi connectivity index (χ2n) is 4.99. The molecule has 8 nitrogen and oxygen atoms in total. The first-order valence-electron chi connectivity index (χ1n) is 6.92. The van der Waals surface area contributed by atoms with Crippen LogP contribution in [0.3, 0.4) is 0 Å². The molecule has 1 amide bonds. The van der Waals surface area contributed by atoms with Gasteiger partial charge in [-0.1, -0.05) is 0 Å². The number of sulfonamides is 1. The lowest BCUT2D eigenvalue weighted by Crippen LogP contribution is -2.35. The minimum Gasteiger partial charge on any atom is -0.478 e. The van der Waals surface area contributed by atoms with Crippen LogP contribution in [0, 0.1) is 0 Å². The molecule has 0 aromatic heterocycles. The van der Waals surface area contributed by atoms with E-state index in [4.69, 9.17) is 9.84 Å². The maximum Gasteiger partial charge on any atom is 0.335 e. The van der Waals surface area contributed by atoms with Crippen LogP contribution in [0.2, 0.25) is 0 Å². The molecule has 1 rings (SSSR count). The van der Waals surface area contributed by atoms with Gasteiger partial charge >= 0.3 is 5.97 Å². The van der Waals surface area contributed by atoms with E-state index in [9.17, 15) is 18.0 Å². The van der Waals surface area contributed by atoms with Crippen molar-refractivity contribution >= 4 is 27.6 Å². The van der Waals surface area contributed by atoms with Crippen molar-refractivity contribution in [2.24, 2.45) is 0 Å². The molecule has 0 aliphatic rings. The van der Waals surface area contributed by atoms with Crippen LogP contribution in [0.5, 0.6) is 0 Å². The van der Waals surface area contributed by atoms with Crippen LogP contribution >= 0.6 is 0 Å². The van der Waals surface area contributed by atoms with Gasteiger partial charge in [0.2, 0.25) is 15.9 Å². The minimum absolute atomic E-state index is 0.0469. The van der Waals surface area contributed by atoms with E-state index in [2.05, 4.69) is 10.0 Å². The van der Waals surface area contributed by atoms with Gasteiger partial charge in [-0.05, 0) is 38.1 Å². The quantitative estimate of drug-likeness (QED) is 0.605. The van der Waals surface area contributed by atoms with Crippen LogP contribution in [0.25, 0.3) is 0 Å². The Kier molecular flexibility index (Phi) is 7.14. The van der Waals surface area contributed by atoms with Gasteiger partial charge in [-0.25, -0.2) is 17.9 Å². The average Bonchev–Trinajstić information content (AvgIpc) is 2.45. The van der Waals surface area contributed by atoms with Gasteiger partial charge in [-0.15, -0.1) is 0 Å². The number of carboxylic acids is 1. The highest BCUT2D eigenvalue weighted by atomic mass is 32.2. The number of hydrogen-bond acceptors (Lipinski definition) is 5. The van der Waals surface area contributed by atoms with Gasteiger partial charge in [-0.3, -0.25) is 4.79 Å². The molecule has 0 aliphatic carbocycles. The first kappa shape index (κ1) is 19.1. The Morgan fingerprint density at radius 2 is 1.83 bits per heavy atom. The first-order chi connectivity index (χ1) is 10.7. The van der Waals surface area contributed by atoms with Crippen LogP contribution in [0.1, 0.15) is 24.2 Å². The average molecular weight is 344 g/mol. The molecule has 0 saturated heterocycles. The molecule has 3 N–H and O–H groups in total. The fraction of sp³-hybridized carbons (Fsp3) is 0.429. The van der Waals surface area contributed by atoms with Crippen LogP contribution in [-0.2, 0) is 19.6 Å². The zero-order valence-electron chi connectivity index (χ0n) is 12.9. The van der Waals surface area contributed by atoms with Crippen molar-refractivity contribution in [3.8, 4) is 0 Å². The third kappa shape index (κ3) is 7.73. The highest BCUT2D eigenvalue weighted by Crippen LogP contribution is 2.09. The van der Waals surface area contributed by atoms with Crippen molar-refractivity contribution in [3.63, 3.8) is 0 Å². The van der Waals surface area contributed by atoms with Gasteiger partial charge < -0.3 is 15.2 Å². The predicted octanol–water partition coefficient (Wildman–Crippen LogP) is 0.668. The fourth-order valence-corrected chi connectivity index (χ4v) is 2.35. The number of carbonyl (C=O) groups excluding carboxylic acids is 1. The van der Waals surface area contributed by atoms with Crippen LogP contribution in [-0.4, -0.2) is 50.4 Å². The Morgan fingerprint density at radius 3 is 2.35 bits per heavy atom. The molecule has 0 saturated carbocycles. The number of rotatable bonds is 9. The lowest BCUT2D eigenvalue weighted by atomic mass is 10.2. The minimum atomic E-state index is -3.60. The summed E-state index contributed by atoms with van der Waals surface area (Å²) in [6.45, 7) is 3.22. The zero-order chi connectivity index (χ0) is 17.5. The predicted molar refractivity (Wildman–Crippen MR) is 84.9 cm³/mol. The van der Waals surface area contributed by atoms with Crippen LogP contribution in [0.15, 0.2) is 24.3 Å². The van der Waals surface area contributed by atoms with E-state index in [1.807, 2.05) is 0 Å². The second kappa shape index (κ2) is 8.61. The molecule has 23 heavy (non-hydrogen) atoms. The molecule has 0 bridgehead atoms. The molecular formula is C14H20N2O6S. The normalized spacial score (nSPS) is 11.4. The van der Waals surface area contributed by atoms with E-state index < -0.39 is 28.4 Å². The number of benzene rings is 1. The third-order valence-corrected chi connectivity index (χ3v) is 3.96. The molecule has 0 spiro atoms. The lowest BCUT2D eigenvalue weighted by Gasteiger charge is -2.10. The summed E-state index contributed by atoms with van der Waals surface area (Å²) in [5.41, 5.74) is 0.469. The molecule has 0 fully saturated rings. The van der Waals surface area contributed by atoms with Crippen LogP contribution < -0.4 is 10.0 Å². The monoisotopic (exact) mass is 344 g/mol. The lowest BCUT2D eigenvalue weighted by molar-refractivity contribution is -0.115. The van der Waals surface area contributed by atoms with Gasteiger partial charge in [0, 0.05) is 5.69 Å². The molecule has 0 aliphatic heterocycles. The van der Waals surface area contributed by atoms with Crippen molar-refractivity contribution in [1.29, 1.82) is 0 Å². The topological polar surface area (TPSA) is 122 Å². The number of carboxylic acid groups (broad SMARTS) is 1. The molecule has 128 valence electrons. The first-order valence-corrected chi connectivity index (χ1v) is 8.57. The fourth-order valence-electron chi connectivity index (χ4n) is 1.54. The number of hydrogen-bond donors (Lipinski definition) is 3. The van der Waals surface area contributed by atoms with E-state index in [0.29, 0.717) is 5.69 Å². The molecule has 0 heterocycles. The molecule has 1 aromatic carbocycles. The maximum absolute atomic E-state index is 11.7. The van der Waals surface area contributed by atoms with Crippen molar-refractivity contribution in [2.45, 2.75) is 20.0 Å². The highest BCUT2D eigenvalue weighted by Gasteiger charge is 2.13. The van der Waals surface area contributed by atoms with Gasteiger partial charge in [0.05, 0.1) is 30.6 Å². The second-order valence-corrected chi connectivity index (χ2v) is 6.92. The summed E-state index contributed by atoms with van der Waals surface area (Å²) >= 11 is 0. The van der Waals surface area contributed by atoms with E-state index in [0.717, 1.165) is 0 Å². The Balaban J connectivity index is 2.42. The van der Waals surface area contributed by atoms with Crippen molar-refractivity contribution in [3.05, 3.63) is 29.8 Å². The summed E-state index contributed by atoms with van der Waals surface area (Å²) in [4.78, 5) is 22.4. The number of aromatic carboxylic acids is 1. The van der Waals surface area contributed by atoms with Gasteiger partial charge in [0.15, 0.2) is 0 Å². The highest BCUT2D eigenvalue weighted by molar-refractivity contribution is 7.89. The molecule has 0 atom stereocenters. The van der Waals surface area contributed by atoms with Gasteiger partial charge in [0.1, 0.15) is 0 Å². The van der Waals surface area contributed by atoms with E-state index in [1.165, 1.54) is 24.3 Å². The van der Waals surface area contributed by atoms with Crippen LogP contribution in [0.4, 0.5) is 5.69 Å². The Labute approximate surface area is 134 Å². The molecule has 0 unspecified atom stereocenters. The van der Waals surface area contributed by atoms with E-state index in [-0.39, 0.29) is 24.0 Å². The Morgan fingerprint density at radius 1 is 1.22 bits per heavy atom. The molecule has 9 heteroatoms. The smallest absolute Gasteiger partial charge is 0.335 e. The van der Waals surface area contributed by atoms with Crippen molar-refractivity contribution in [2.75, 3.05) is 24.2 Å². The zero-order valence-corrected chi connectivity index (χ0v) is 13.7.